The van der Waals surface area contributed by atoms with Crippen LogP contribution in [-0.4, -0.2) is 48.1 Å². The Kier molecular flexibility index (Phi) is 2.86. The number of fused-ring (bicyclic) bond motifs is 2. The molecule has 2 aliphatic carbocycles. The summed E-state index contributed by atoms with van der Waals surface area (Å²) in [5, 5.41) is 12.5. The van der Waals surface area contributed by atoms with Gasteiger partial charge in [0.1, 0.15) is 0 Å². The number of hydrogen-bond donors (Lipinski definition) is 2. The van der Waals surface area contributed by atoms with Crippen LogP contribution in [0.15, 0.2) is 12.2 Å². The summed E-state index contributed by atoms with van der Waals surface area (Å²) in [6.07, 6.45) is 4.85. The highest BCUT2D eigenvalue weighted by Crippen LogP contribution is 2.48. The van der Waals surface area contributed by atoms with Crippen molar-refractivity contribution in [1.29, 1.82) is 0 Å². The Hall–Kier alpha value is -1.36. The third-order valence-electron chi connectivity index (χ3n) is 4.46. The molecule has 0 aromatic carbocycles. The summed E-state index contributed by atoms with van der Waals surface area (Å²) in [4.78, 5) is 25.7. The Balaban J connectivity index is 1.79. The van der Waals surface area contributed by atoms with Gasteiger partial charge >= 0.3 is 5.97 Å². The summed E-state index contributed by atoms with van der Waals surface area (Å²) < 4.78 is 0. The average molecular weight is 250 g/mol. The zero-order valence-electron chi connectivity index (χ0n) is 10.2. The highest BCUT2D eigenvalue weighted by molar-refractivity contribution is 5.87. The van der Waals surface area contributed by atoms with Gasteiger partial charge in [0.15, 0.2) is 0 Å². The molecule has 0 spiro atoms. The van der Waals surface area contributed by atoms with Crippen LogP contribution in [0.2, 0.25) is 0 Å². The first-order chi connectivity index (χ1) is 8.68. The monoisotopic (exact) mass is 250 g/mol. The van der Waals surface area contributed by atoms with Crippen molar-refractivity contribution in [2.24, 2.45) is 23.7 Å². The van der Waals surface area contributed by atoms with Crippen LogP contribution in [0.3, 0.4) is 0 Å². The lowest BCUT2D eigenvalue weighted by molar-refractivity contribution is -0.151. The number of carbonyl (C=O) groups excluding carboxylic acids is 1. The van der Waals surface area contributed by atoms with Gasteiger partial charge in [0.05, 0.1) is 11.8 Å². The molecule has 2 unspecified atom stereocenters. The number of piperazine rings is 1. The van der Waals surface area contributed by atoms with Crippen molar-refractivity contribution in [2.45, 2.75) is 6.42 Å². The van der Waals surface area contributed by atoms with Gasteiger partial charge in [0.25, 0.3) is 0 Å². The molecule has 1 heterocycles. The molecule has 5 nitrogen and oxygen atoms in total. The van der Waals surface area contributed by atoms with E-state index in [9.17, 15) is 14.7 Å². The summed E-state index contributed by atoms with van der Waals surface area (Å²) in [5.74, 6) is -1.43. The molecule has 18 heavy (non-hydrogen) atoms. The molecule has 1 saturated carbocycles. The highest BCUT2D eigenvalue weighted by Gasteiger charge is 2.52. The van der Waals surface area contributed by atoms with Gasteiger partial charge in [-0.25, -0.2) is 0 Å². The topological polar surface area (TPSA) is 69.6 Å². The Morgan fingerprint density at radius 1 is 1.11 bits per heavy atom. The quantitative estimate of drug-likeness (QED) is 0.674. The maximum atomic E-state index is 12.5. The van der Waals surface area contributed by atoms with Gasteiger partial charge in [-0.15, -0.1) is 0 Å². The number of hydrogen-bond acceptors (Lipinski definition) is 3. The molecule has 0 aromatic rings. The molecular weight excluding hydrogens is 232 g/mol. The molecule has 0 aromatic heterocycles. The third kappa shape index (κ3) is 1.73. The first-order valence-corrected chi connectivity index (χ1v) is 6.59. The first-order valence-electron chi connectivity index (χ1n) is 6.59. The van der Waals surface area contributed by atoms with Crippen molar-refractivity contribution >= 4 is 11.9 Å². The minimum Gasteiger partial charge on any atom is -0.481 e. The molecule has 3 aliphatic rings. The van der Waals surface area contributed by atoms with E-state index in [1.165, 1.54) is 0 Å². The highest BCUT2D eigenvalue weighted by atomic mass is 16.4. The number of amides is 1. The van der Waals surface area contributed by atoms with Crippen LogP contribution in [-0.2, 0) is 9.59 Å². The van der Waals surface area contributed by atoms with Crippen LogP contribution in [0, 0.1) is 23.7 Å². The van der Waals surface area contributed by atoms with Crippen LogP contribution in [0.25, 0.3) is 0 Å². The minimum absolute atomic E-state index is 0.0424. The largest absolute Gasteiger partial charge is 0.481 e. The van der Waals surface area contributed by atoms with E-state index in [0.29, 0.717) is 13.1 Å². The van der Waals surface area contributed by atoms with Gasteiger partial charge in [-0.3, -0.25) is 9.59 Å². The third-order valence-corrected chi connectivity index (χ3v) is 4.46. The van der Waals surface area contributed by atoms with Gasteiger partial charge in [-0.2, -0.15) is 0 Å². The zero-order valence-corrected chi connectivity index (χ0v) is 10.2. The van der Waals surface area contributed by atoms with Gasteiger partial charge in [0.2, 0.25) is 5.91 Å². The maximum absolute atomic E-state index is 12.5. The van der Waals surface area contributed by atoms with Crippen LogP contribution in [0.4, 0.5) is 0 Å². The SMILES string of the molecule is O=C(O)[C@@H]1C2C=CC(C2)[C@@H]1C(=O)N1CCNCC1. The summed E-state index contributed by atoms with van der Waals surface area (Å²) >= 11 is 0. The fraction of sp³-hybridized carbons (Fsp3) is 0.692. The molecule has 3 rings (SSSR count). The number of carbonyl (C=O) groups is 2. The molecule has 2 bridgehead atoms. The Bertz CT molecular complexity index is 401. The number of allylic oxidation sites excluding steroid dienone is 2. The molecule has 5 heteroatoms. The molecule has 2 fully saturated rings. The van der Waals surface area contributed by atoms with E-state index in [1.807, 2.05) is 17.1 Å². The summed E-state index contributed by atoms with van der Waals surface area (Å²) in [5.41, 5.74) is 0. The second-order valence-corrected chi connectivity index (χ2v) is 5.41. The van der Waals surface area contributed by atoms with E-state index < -0.39 is 11.9 Å². The fourth-order valence-corrected chi connectivity index (χ4v) is 3.59. The van der Waals surface area contributed by atoms with Crippen molar-refractivity contribution in [3.05, 3.63) is 12.2 Å². The number of carboxylic acid groups (broad SMARTS) is 1. The van der Waals surface area contributed by atoms with Crippen LogP contribution in [0.5, 0.6) is 0 Å². The predicted octanol–water partition coefficient (Wildman–Crippen LogP) is -0.0589. The lowest BCUT2D eigenvalue weighted by Crippen LogP contribution is -2.50. The Morgan fingerprint density at radius 3 is 2.33 bits per heavy atom. The summed E-state index contributed by atoms with van der Waals surface area (Å²) in [6, 6.07) is 0. The second-order valence-electron chi connectivity index (χ2n) is 5.41. The predicted molar refractivity (Wildman–Crippen MR) is 64.8 cm³/mol. The second kappa shape index (κ2) is 4.39. The van der Waals surface area contributed by atoms with Crippen molar-refractivity contribution in [1.82, 2.24) is 10.2 Å². The molecule has 4 atom stereocenters. The van der Waals surface area contributed by atoms with Crippen molar-refractivity contribution in [3.63, 3.8) is 0 Å². The van der Waals surface area contributed by atoms with E-state index in [2.05, 4.69) is 5.32 Å². The smallest absolute Gasteiger partial charge is 0.307 e. The molecule has 98 valence electrons. The van der Waals surface area contributed by atoms with E-state index in [4.69, 9.17) is 0 Å². The minimum atomic E-state index is -0.819. The normalized spacial score (nSPS) is 38.1. The molecular formula is C13H18N2O3. The number of nitrogens with zero attached hydrogens (tertiary/aromatic N) is 1. The van der Waals surface area contributed by atoms with Crippen LogP contribution in [0.1, 0.15) is 6.42 Å². The molecule has 1 amide bonds. The van der Waals surface area contributed by atoms with E-state index in [1.54, 1.807) is 0 Å². The lowest BCUT2D eigenvalue weighted by Gasteiger charge is -2.33. The number of nitrogens with one attached hydrogen (secondary N) is 1. The molecule has 0 radical (unpaired) electrons. The standard InChI is InChI=1S/C13H18N2O3/c16-12(15-5-3-14-4-6-15)10-8-1-2-9(7-8)11(10)13(17)18/h1-2,8-11,14H,3-7H2,(H,17,18)/t8?,9?,10-,11+/m0/s1. The van der Waals surface area contributed by atoms with Gasteiger partial charge in [0, 0.05) is 26.2 Å². The number of rotatable bonds is 2. The molecule has 1 saturated heterocycles. The van der Waals surface area contributed by atoms with Gasteiger partial charge in [-0.05, 0) is 18.3 Å². The van der Waals surface area contributed by atoms with Crippen molar-refractivity contribution in [2.75, 3.05) is 26.2 Å². The number of aliphatic carboxylic acids is 1. The molecule has 1 aliphatic heterocycles. The zero-order chi connectivity index (χ0) is 12.7. The summed E-state index contributed by atoms with van der Waals surface area (Å²) in [6.45, 7) is 3.01. The first kappa shape index (κ1) is 11.7. The van der Waals surface area contributed by atoms with Crippen LogP contribution < -0.4 is 5.32 Å². The average Bonchev–Trinajstić information content (AvgIpc) is 2.99. The van der Waals surface area contributed by atoms with Gasteiger partial charge < -0.3 is 15.3 Å². The van der Waals surface area contributed by atoms with Crippen molar-refractivity contribution in [3.8, 4) is 0 Å². The van der Waals surface area contributed by atoms with E-state index >= 15 is 0 Å². The Labute approximate surface area is 106 Å². The van der Waals surface area contributed by atoms with Gasteiger partial charge in [-0.1, -0.05) is 12.2 Å². The van der Waals surface area contributed by atoms with E-state index in [0.717, 1.165) is 19.5 Å². The summed E-state index contributed by atoms with van der Waals surface area (Å²) in [7, 11) is 0. The molecule has 2 N–H and O–H groups in total. The van der Waals surface area contributed by atoms with Crippen molar-refractivity contribution < 1.29 is 14.7 Å². The lowest BCUT2D eigenvalue weighted by atomic mass is 9.82. The number of carboxylic acids is 1. The van der Waals surface area contributed by atoms with E-state index in [-0.39, 0.29) is 23.7 Å². The Morgan fingerprint density at radius 2 is 1.72 bits per heavy atom. The van der Waals surface area contributed by atoms with Crippen LogP contribution >= 0.6 is 0 Å². The fourth-order valence-electron chi connectivity index (χ4n) is 3.59. The maximum Gasteiger partial charge on any atom is 0.307 e.